The second kappa shape index (κ2) is 10.9. The largest absolute Gasteiger partial charge is 0.445 e. The predicted molar refractivity (Wildman–Crippen MR) is 138 cm³/mol. The minimum Gasteiger partial charge on any atom is -0.445 e. The van der Waals surface area contributed by atoms with Crippen molar-refractivity contribution in [3.63, 3.8) is 0 Å². The molecule has 192 valence electrons. The van der Waals surface area contributed by atoms with Crippen molar-refractivity contribution in [1.82, 2.24) is 20.2 Å². The summed E-state index contributed by atoms with van der Waals surface area (Å²) in [6.07, 6.45) is 2.61. The van der Waals surface area contributed by atoms with Gasteiger partial charge in [0.25, 0.3) is 0 Å². The molecule has 1 aromatic heterocycles. The Morgan fingerprint density at radius 1 is 1.03 bits per heavy atom. The quantitative estimate of drug-likeness (QED) is 0.442. The molecule has 2 aromatic carbocycles. The number of hydrogen-bond donors (Lipinski definition) is 3. The van der Waals surface area contributed by atoms with Gasteiger partial charge in [-0.2, -0.15) is 0 Å². The molecule has 3 aromatic rings. The zero-order chi connectivity index (χ0) is 25.7. The van der Waals surface area contributed by atoms with Crippen LogP contribution in [-0.2, 0) is 22.6 Å². The highest BCUT2D eigenvalue weighted by molar-refractivity contribution is 5.79. The number of carbonyl (C=O) groups excluding carboxylic acids is 2. The van der Waals surface area contributed by atoms with Crippen molar-refractivity contribution >= 4 is 29.2 Å². The monoisotopic (exact) mass is 493 g/mol. The molecule has 9 nitrogen and oxygen atoms in total. The molecule has 1 aliphatic carbocycles. The van der Waals surface area contributed by atoms with Gasteiger partial charge in [-0.3, -0.25) is 0 Å². The lowest BCUT2D eigenvalue weighted by atomic mass is 9.91. The van der Waals surface area contributed by atoms with Gasteiger partial charge in [0, 0.05) is 18.6 Å². The lowest BCUT2D eigenvalue weighted by molar-refractivity contribution is 0.0488. The van der Waals surface area contributed by atoms with Crippen molar-refractivity contribution in [2.24, 2.45) is 0 Å². The third kappa shape index (κ3) is 6.68. The van der Waals surface area contributed by atoms with Gasteiger partial charge in [-0.1, -0.05) is 36.4 Å². The van der Waals surface area contributed by atoms with E-state index in [0.29, 0.717) is 12.5 Å². The molecule has 0 aliphatic heterocycles. The minimum atomic E-state index is -0.512. The summed E-state index contributed by atoms with van der Waals surface area (Å²) in [6.45, 7) is 6.13. The summed E-state index contributed by atoms with van der Waals surface area (Å²) in [6, 6.07) is 15.8. The molecule has 0 atom stereocenters. The highest BCUT2D eigenvalue weighted by atomic mass is 16.6. The highest BCUT2D eigenvalue weighted by Crippen LogP contribution is 2.34. The van der Waals surface area contributed by atoms with Gasteiger partial charge in [0.15, 0.2) is 0 Å². The number of hydrogen-bond acceptors (Lipinski definition) is 6. The number of aromatic nitrogens is 2. The third-order valence-electron chi connectivity index (χ3n) is 6.21. The molecule has 0 unspecified atom stereocenters. The smallest absolute Gasteiger partial charge is 0.407 e. The van der Waals surface area contributed by atoms with Crippen LogP contribution in [0.1, 0.15) is 63.6 Å². The molecular formula is C27H35N5O4. The second-order valence-electron chi connectivity index (χ2n) is 10.2. The van der Waals surface area contributed by atoms with Gasteiger partial charge in [-0.25, -0.2) is 14.6 Å². The molecule has 0 saturated heterocycles. The fourth-order valence-corrected chi connectivity index (χ4v) is 4.56. The van der Waals surface area contributed by atoms with Crippen LogP contribution < -0.4 is 16.4 Å². The Labute approximate surface area is 211 Å². The minimum absolute atomic E-state index is 0.0893. The van der Waals surface area contributed by atoms with Crippen LogP contribution in [0.3, 0.4) is 0 Å². The number of rotatable bonds is 6. The van der Waals surface area contributed by atoms with Crippen molar-refractivity contribution < 1.29 is 19.1 Å². The molecule has 0 spiro atoms. The maximum atomic E-state index is 12.1. The number of nitrogen functional groups attached to an aromatic ring is 1. The topological polar surface area (TPSA) is 121 Å². The highest BCUT2D eigenvalue weighted by Gasteiger charge is 2.27. The summed E-state index contributed by atoms with van der Waals surface area (Å²) in [5.41, 5.74) is 9.40. The number of fused-ring (bicyclic) bond motifs is 1. The first-order chi connectivity index (χ1) is 17.2. The van der Waals surface area contributed by atoms with E-state index in [1.807, 2.05) is 69.3 Å². The first kappa shape index (κ1) is 25.3. The average Bonchev–Trinajstić information content (AvgIpc) is 3.16. The number of imidazole rings is 1. The lowest BCUT2D eigenvalue weighted by Gasteiger charge is -2.31. The van der Waals surface area contributed by atoms with Crippen molar-refractivity contribution in [1.29, 1.82) is 0 Å². The number of benzene rings is 2. The Morgan fingerprint density at radius 3 is 2.44 bits per heavy atom. The van der Waals surface area contributed by atoms with E-state index in [0.717, 1.165) is 47.8 Å². The Balaban J connectivity index is 1.31. The fourth-order valence-electron chi connectivity index (χ4n) is 4.56. The van der Waals surface area contributed by atoms with Crippen molar-refractivity contribution in [3.05, 3.63) is 59.7 Å². The molecular weight excluding hydrogens is 458 g/mol. The summed E-state index contributed by atoms with van der Waals surface area (Å²) in [7, 11) is 0. The van der Waals surface area contributed by atoms with E-state index < -0.39 is 11.7 Å². The van der Waals surface area contributed by atoms with Gasteiger partial charge >= 0.3 is 12.2 Å². The van der Waals surface area contributed by atoms with Crippen LogP contribution in [0.15, 0.2) is 48.5 Å². The predicted octanol–water partition coefficient (Wildman–Crippen LogP) is 5.05. The van der Waals surface area contributed by atoms with Crippen LogP contribution in [0, 0.1) is 0 Å². The number of anilines is 1. The van der Waals surface area contributed by atoms with E-state index in [1.54, 1.807) is 0 Å². The number of alkyl carbamates (subject to hydrolysis) is 2. The third-order valence-corrected chi connectivity index (χ3v) is 6.21. The van der Waals surface area contributed by atoms with Crippen molar-refractivity contribution in [2.75, 3.05) is 5.73 Å². The Bertz CT molecular complexity index is 1190. The van der Waals surface area contributed by atoms with Crippen LogP contribution in [0.2, 0.25) is 0 Å². The number of carbonyl (C=O) groups is 2. The van der Waals surface area contributed by atoms with Gasteiger partial charge < -0.3 is 30.4 Å². The van der Waals surface area contributed by atoms with Crippen molar-refractivity contribution in [3.8, 4) is 0 Å². The molecule has 4 rings (SSSR count). The van der Waals surface area contributed by atoms with Crippen LogP contribution in [0.25, 0.3) is 11.0 Å². The molecule has 9 heteroatoms. The molecule has 0 radical (unpaired) electrons. The fraction of sp³-hybridized carbons (Fsp3) is 0.444. The van der Waals surface area contributed by atoms with E-state index in [9.17, 15) is 9.59 Å². The van der Waals surface area contributed by atoms with E-state index in [4.69, 9.17) is 15.2 Å². The first-order valence-electron chi connectivity index (χ1n) is 12.4. The van der Waals surface area contributed by atoms with Gasteiger partial charge in [-0.15, -0.1) is 0 Å². The summed E-state index contributed by atoms with van der Waals surface area (Å²) in [5, 5.41) is 5.76. The molecule has 2 amide bonds. The Morgan fingerprint density at radius 2 is 1.75 bits per heavy atom. The number of nitrogens with one attached hydrogen (secondary N) is 2. The number of ether oxygens (including phenoxy) is 2. The Kier molecular flexibility index (Phi) is 7.67. The lowest BCUT2D eigenvalue weighted by Crippen LogP contribution is -2.41. The van der Waals surface area contributed by atoms with Crippen LogP contribution >= 0.6 is 0 Å². The van der Waals surface area contributed by atoms with Gasteiger partial charge in [0.05, 0.1) is 11.0 Å². The molecule has 1 fully saturated rings. The normalized spacial score (nSPS) is 18.0. The number of nitrogens with zero attached hydrogens (tertiary/aromatic N) is 2. The molecule has 1 heterocycles. The summed E-state index contributed by atoms with van der Waals surface area (Å²) < 4.78 is 12.7. The zero-order valence-electron chi connectivity index (χ0n) is 21.1. The molecule has 36 heavy (non-hydrogen) atoms. The van der Waals surface area contributed by atoms with Crippen LogP contribution in [0.4, 0.5) is 15.5 Å². The maximum absolute atomic E-state index is 12.1. The van der Waals surface area contributed by atoms with Crippen LogP contribution in [0.5, 0.6) is 0 Å². The van der Waals surface area contributed by atoms with E-state index in [2.05, 4.69) is 20.2 Å². The SMILES string of the molecule is CC(C)(C)OC(=O)N[C@H]1CC[C@@H](n2c(N)nc3cc(CNC(=O)OCc4ccccc4)ccc32)CC1. The van der Waals surface area contributed by atoms with Gasteiger partial charge in [-0.05, 0) is 69.7 Å². The molecule has 0 bridgehead atoms. The number of amides is 2. The van der Waals surface area contributed by atoms with E-state index in [-0.39, 0.29) is 24.8 Å². The Hall–Kier alpha value is -3.75. The molecule has 4 N–H and O–H groups in total. The summed E-state index contributed by atoms with van der Waals surface area (Å²) >= 11 is 0. The summed E-state index contributed by atoms with van der Waals surface area (Å²) in [5.74, 6) is 0.473. The van der Waals surface area contributed by atoms with Crippen molar-refractivity contribution in [2.45, 2.75) is 77.3 Å². The standard InChI is InChI=1S/C27H35N5O4/c1-27(2,3)36-26(34)30-20-10-12-21(13-11-20)32-23-14-9-19(15-22(23)31-24(32)28)16-29-25(33)35-17-18-7-5-4-6-8-18/h4-9,14-15,20-21H,10-13,16-17H2,1-3H3,(H2,28,31)(H,29,33)(H,30,34)/t20-,21+. The average molecular weight is 494 g/mol. The summed E-state index contributed by atoms with van der Waals surface area (Å²) in [4.78, 5) is 28.7. The maximum Gasteiger partial charge on any atom is 0.407 e. The number of nitrogens with two attached hydrogens (primary N) is 1. The first-order valence-corrected chi connectivity index (χ1v) is 12.4. The molecule has 1 saturated carbocycles. The van der Waals surface area contributed by atoms with Gasteiger partial charge in [0.1, 0.15) is 12.2 Å². The van der Waals surface area contributed by atoms with Gasteiger partial charge in [0.2, 0.25) is 5.95 Å². The van der Waals surface area contributed by atoms with E-state index in [1.165, 1.54) is 0 Å². The van der Waals surface area contributed by atoms with E-state index >= 15 is 0 Å². The molecule has 1 aliphatic rings. The second-order valence-corrected chi connectivity index (χ2v) is 10.2. The zero-order valence-corrected chi connectivity index (χ0v) is 21.1. The van der Waals surface area contributed by atoms with Crippen LogP contribution in [-0.4, -0.2) is 33.4 Å².